The van der Waals surface area contributed by atoms with E-state index in [1.165, 1.54) is 12.1 Å². The molecule has 0 aliphatic carbocycles. The fourth-order valence-electron chi connectivity index (χ4n) is 1.47. The minimum absolute atomic E-state index is 0. The molecule has 0 heterocycles. The summed E-state index contributed by atoms with van der Waals surface area (Å²) < 4.78 is 13.0. The van der Waals surface area contributed by atoms with Crippen molar-refractivity contribution in [2.75, 3.05) is 0 Å². The number of hydrogen-bond donors (Lipinski definition) is 1. The predicted molar refractivity (Wildman–Crippen MR) is 69.7 cm³/mol. The zero-order valence-electron chi connectivity index (χ0n) is 9.54. The smallest absolute Gasteiger partial charge is 0.123 e. The molecule has 0 aromatic heterocycles. The molecule has 0 aliphatic rings. The van der Waals surface area contributed by atoms with E-state index in [1.807, 2.05) is 0 Å². The molecule has 92 valence electrons. The minimum atomic E-state index is -0.283. The average molecular weight is 266 g/mol. The van der Waals surface area contributed by atoms with E-state index in [-0.39, 0.29) is 24.3 Å². The zero-order chi connectivity index (χ0) is 11.4. The molecule has 0 unspecified atom stereocenters. The van der Waals surface area contributed by atoms with E-state index in [0.29, 0.717) is 16.5 Å². The lowest BCUT2D eigenvalue weighted by atomic mass is 9.98. The van der Waals surface area contributed by atoms with Gasteiger partial charge in [-0.05, 0) is 42.5 Å². The van der Waals surface area contributed by atoms with Crippen molar-refractivity contribution >= 4 is 24.0 Å². The van der Waals surface area contributed by atoms with Crippen LogP contribution in [0.2, 0.25) is 5.02 Å². The molecule has 16 heavy (non-hydrogen) atoms. The summed E-state index contributed by atoms with van der Waals surface area (Å²) in [6.07, 6.45) is 1.86. The molecule has 4 heteroatoms. The highest BCUT2D eigenvalue weighted by Gasteiger charge is 2.11. The third kappa shape index (κ3) is 4.69. The van der Waals surface area contributed by atoms with Crippen LogP contribution >= 0.6 is 24.0 Å². The molecule has 2 N–H and O–H groups in total. The van der Waals surface area contributed by atoms with Gasteiger partial charge in [-0.25, -0.2) is 4.39 Å². The normalized spacial score (nSPS) is 12.4. The third-order valence-corrected chi connectivity index (χ3v) is 2.76. The van der Waals surface area contributed by atoms with Gasteiger partial charge in [0, 0.05) is 11.1 Å². The van der Waals surface area contributed by atoms with Gasteiger partial charge in [-0.2, -0.15) is 0 Å². The SMILES string of the molecule is CC(C)CC[C@H](N)c1cc(F)ccc1Cl.Cl. The van der Waals surface area contributed by atoms with Crippen molar-refractivity contribution in [3.8, 4) is 0 Å². The second-order valence-electron chi connectivity index (χ2n) is 4.24. The molecule has 1 aromatic carbocycles. The van der Waals surface area contributed by atoms with Crippen molar-refractivity contribution in [2.45, 2.75) is 32.7 Å². The Morgan fingerprint density at radius 1 is 1.31 bits per heavy atom. The van der Waals surface area contributed by atoms with Crippen molar-refractivity contribution in [1.29, 1.82) is 0 Å². The highest BCUT2D eigenvalue weighted by molar-refractivity contribution is 6.31. The summed E-state index contributed by atoms with van der Waals surface area (Å²) >= 11 is 5.96. The fraction of sp³-hybridized carbons (Fsp3) is 0.500. The minimum Gasteiger partial charge on any atom is -0.324 e. The van der Waals surface area contributed by atoms with Crippen molar-refractivity contribution < 1.29 is 4.39 Å². The lowest BCUT2D eigenvalue weighted by molar-refractivity contribution is 0.505. The first-order valence-corrected chi connectivity index (χ1v) is 5.59. The van der Waals surface area contributed by atoms with Crippen LogP contribution < -0.4 is 5.73 Å². The fourth-order valence-corrected chi connectivity index (χ4v) is 1.72. The molecule has 0 aliphatic heterocycles. The van der Waals surface area contributed by atoms with Crippen LogP contribution in [0.15, 0.2) is 18.2 Å². The first-order chi connectivity index (χ1) is 7.00. The Hall–Kier alpha value is -0.310. The van der Waals surface area contributed by atoms with E-state index in [1.54, 1.807) is 6.07 Å². The summed E-state index contributed by atoms with van der Waals surface area (Å²) in [6.45, 7) is 4.28. The van der Waals surface area contributed by atoms with Crippen molar-refractivity contribution in [3.63, 3.8) is 0 Å². The van der Waals surface area contributed by atoms with Crippen LogP contribution in [0.4, 0.5) is 4.39 Å². The highest BCUT2D eigenvalue weighted by atomic mass is 35.5. The molecule has 0 fully saturated rings. The Labute approximate surface area is 108 Å². The molecular formula is C12H18Cl2FN. The molecule has 1 atom stereocenters. The lowest BCUT2D eigenvalue weighted by Crippen LogP contribution is -2.12. The molecular weight excluding hydrogens is 248 g/mol. The van der Waals surface area contributed by atoms with Gasteiger partial charge in [-0.15, -0.1) is 12.4 Å². The Morgan fingerprint density at radius 2 is 1.94 bits per heavy atom. The second kappa shape index (κ2) is 7.10. The summed E-state index contributed by atoms with van der Waals surface area (Å²) in [4.78, 5) is 0. The lowest BCUT2D eigenvalue weighted by Gasteiger charge is -2.14. The van der Waals surface area contributed by atoms with Crippen LogP contribution in [-0.2, 0) is 0 Å². The molecule has 0 bridgehead atoms. The first-order valence-electron chi connectivity index (χ1n) is 5.21. The van der Waals surface area contributed by atoms with E-state index >= 15 is 0 Å². The van der Waals surface area contributed by atoms with Gasteiger partial charge in [0.25, 0.3) is 0 Å². The summed E-state index contributed by atoms with van der Waals surface area (Å²) in [5.74, 6) is 0.317. The standard InChI is InChI=1S/C12H17ClFN.ClH/c1-8(2)3-6-12(15)10-7-9(14)4-5-11(10)13;/h4-5,7-8,12H,3,6,15H2,1-2H3;1H/t12-;/m0./s1. The summed E-state index contributed by atoms with van der Waals surface area (Å²) in [7, 11) is 0. The third-order valence-electron chi connectivity index (χ3n) is 2.41. The second-order valence-corrected chi connectivity index (χ2v) is 4.65. The highest BCUT2D eigenvalue weighted by Crippen LogP contribution is 2.26. The van der Waals surface area contributed by atoms with Crippen LogP contribution in [0.5, 0.6) is 0 Å². The van der Waals surface area contributed by atoms with Crippen molar-refractivity contribution in [1.82, 2.24) is 0 Å². The molecule has 1 nitrogen and oxygen atoms in total. The van der Waals surface area contributed by atoms with E-state index in [0.717, 1.165) is 12.8 Å². The molecule has 0 saturated carbocycles. The van der Waals surface area contributed by atoms with Gasteiger partial charge in [-0.1, -0.05) is 25.4 Å². The molecule has 1 aromatic rings. The van der Waals surface area contributed by atoms with Gasteiger partial charge in [0.2, 0.25) is 0 Å². The quantitative estimate of drug-likeness (QED) is 0.862. The summed E-state index contributed by atoms with van der Waals surface area (Å²) in [6, 6.07) is 4.16. The van der Waals surface area contributed by atoms with E-state index in [2.05, 4.69) is 13.8 Å². The molecule has 0 amide bonds. The van der Waals surface area contributed by atoms with Crippen LogP contribution in [0.1, 0.15) is 38.3 Å². The van der Waals surface area contributed by atoms with Gasteiger partial charge >= 0.3 is 0 Å². The Bertz CT molecular complexity index is 329. The average Bonchev–Trinajstić information content (AvgIpc) is 2.18. The number of rotatable bonds is 4. The van der Waals surface area contributed by atoms with Crippen LogP contribution in [0.3, 0.4) is 0 Å². The van der Waals surface area contributed by atoms with Crippen molar-refractivity contribution in [3.05, 3.63) is 34.6 Å². The molecule has 1 rings (SSSR count). The topological polar surface area (TPSA) is 26.0 Å². The summed E-state index contributed by atoms with van der Waals surface area (Å²) in [5.41, 5.74) is 6.67. The number of nitrogens with two attached hydrogens (primary N) is 1. The first kappa shape index (κ1) is 15.7. The number of halogens is 3. The van der Waals surface area contributed by atoms with Gasteiger partial charge in [0.15, 0.2) is 0 Å². The molecule has 0 spiro atoms. The van der Waals surface area contributed by atoms with E-state index in [9.17, 15) is 4.39 Å². The van der Waals surface area contributed by atoms with Crippen molar-refractivity contribution in [2.24, 2.45) is 11.7 Å². The zero-order valence-corrected chi connectivity index (χ0v) is 11.1. The van der Waals surface area contributed by atoms with Crippen LogP contribution in [0.25, 0.3) is 0 Å². The van der Waals surface area contributed by atoms with Crippen LogP contribution in [-0.4, -0.2) is 0 Å². The number of benzene rings is 1. The summed E-state index contributed by atoms with van der Waals surface area (Å²) in [5, 5.41) is 0.549. The Balaban J connectivity index is 0.00000225. The monoisotopic (exact) mass is 265 g/mol. The maximum atomic E-state index is 13.0. The van der Waals surface area contributed by atoms with Gasteiger partial charge in [0.1, 0.15) is 5.82 Å². The number of hydrogen-bond acceptors (Lipinski definition) is 1. The Morgan fingerprint density at radius 3 is 2.50 bits per heavy atom. The van der Waals surface area contributed by atoms with E-state index < -0.39 is 0 Å². The predicted octanol–water partition coefficient (Wildman–Crippen LogP) is 4.34. The largest absolute Gasteiger partial charge is 0.324 e. The maximum Gasteiger partial charge on any atom is 0.123 e. The Kier molecular flexibility index (Phi) is 6.96. The van der Waals surface area contributed by atoms with E-state index in [4.69, 9.17) is 17.3 Å². The van der Waals surface area contributed by atoms with Gasteiger partial charge in [0.05, 0.1) is 0 Å². The van der Waals surface area contributed by atoms with Gasteiger partial charge in [-0.3, -0.25) is 0 Å². The van der Waals surface area contributed by atoms with Crippen LogP contribution in [0, 0.1) is 11.7 Å². The molecule has 0 saturated heterocycles. The maximum absolute atomic E-state index is 13.0. The molecule has 0 radical (unpaired) electrons. The van der Waals surface area contributed by atoms with Gasteiger partial charge < -0.3 is 5.73 Å².